The maximum absolute atomic E-state index is 5.49. The predicted molar refractivity (Wildman–Crippen MR) is 69.4 cm³/mol. The summed E-state index contributed by atoms with van der Waals surface area (Å²) in [5.74, 6) is 3.07. The minimum absolute atomic E-state index is 0.442. The quantitative estimate of drug-likeness (QED) is 0.842. The summed E-state index contributed by atoms with van der Waals surface area (Å²) < 4.78 is 5.49. The van der Waals surface area contributed by atoms with Gasteiger partial charge in [-0.25, -0.2) is 0 Å². The molecule has 4 heteroatoms. The lowest BCUT2D eigenvalue weighted by atomic mass is 10.0. The lowest BCUT2D eigenvalue weighted by Crippen LogP contribution is -2.31. The minimum atomic E-state index is 0.442. The van der Waals surface area contributed by atoms with E-state index in [-0.39, 0.29) is 0 Å². The molecule has 2 atom stereocenters. The van der Waals surface area contributed by atoms with Gasteiger partial charge in [-0.05, 0) is 44.6 Å². The van der Waals surface area contributed by atoms with Crippen molar-refractivity contribution >= 4 is 0 Å². The highest BCUT2D eigenvalue weighted by Crippen LogP contribution is 2.35. The fraction of sp³-hybridized carbons (Fsp3) is 0.857. The van der Waals surface area contributed by atoms with Gasteiger partial charge in [-0.2, -0.15) is 4.98 Å². The number of hydrogen-bond acceptors (Lipinski definition) is 4. The molecule has 0 aliphatic heterocycles. The summed E-state index contributed by atoms with van der Waals surface area (Å²) in [7, 11) is 0. The lowest BCUT2D eigenvalue weighted by Gasteiger charge is -2.17. The molecule has 0 spiro atoms. The zero-order valence-electron chi connectivity index (χ0n) is 11.2. The zero-order valence-corrected chi connectivity index (χ0v) is 11.2. The van der Waals surface area contributed by atoms with Gasteiger partial charge in [0.25, 0.3) is 0 Å². The molecule has 1 N–H and O–H groups in total. The first-order chi connectivity index (χ1) is 8.86. The highest BCUT2D eigenvalue weighted by atomic mass is 16.5. The van der Waals surface area contributed by atoms with Crippen LogP contribution in [-0.4, -0.2) is 22.7 Å². The van der Waals surface area contributed by atoms with E-state index in [1.807, 2.05) is 0 Å². The van der Waals surface area contributed by atoms with E-state index in [0.717, 1.165) is 30.6 Å². The number of nitrogens with zero attached hydrogens (tertiary/aromatic N) is 2. The van der Waals surface area contributed by atoms with E-state index < -0.39 is 0 Å². The highest BCUT2D eigenvalue weighted by Gasteiger charge is 2.33. The third kappa shape index (κ3) is 2.74. The lowest BCUT2D eigenvalue weighted by molar-refractivity contribution is 0.327. The van der Waals surface area contributed by atoms with Crippen LogP contribution >= 0.6 is 0 Å². The number of aromatic nitrogens is 2. The standard InChI is InChI=1S/C14H23N3O/c1-2-8-15-12-5-3-4-11(12)14-16-13(17-18-14)9-10-6-7-10/h10-12,15H,2-9H2,1H3. The van der Waals surface area contributed by atoms with Crippen LogP contribution < -0.4 is 5.32 Å². The third-order valence-electron chi connectivity index (χ3n) is 4.14. The molecule has 0 bridgehead atoms. The Morgan fingerprint density at radius 2 is 2.17 bits per heavy atom. The Kier molecular flexibility index (Phi) is 3.64. The van der Waals surface area contributed by atoms with Gasteiger partial charge in [-0.3, -0.25) is 0 Å². The van der Waals surface area contributed by atoms with E-state index >= 15 is 0 Å². The molecule has 0 amide bonds. The first-order valence-corrected chi connectivity index (χ1v) is 7.42. The van der Waals surface area contributed by atoms with E-state index in [0.29, 0.717) is 12.0 Å². The Labute approximate surface area is 109 Å². The Morgan fingerprint density at radius 3 is 2.94 bits per heavy atom. The van der Waals surface area contributed by atoms with Crippen LogP contribution in [0.5, 0.6) is 0 Å². The number of hydrogen-bond donors (Lipinski definition) is 1. The van der Waals surface area contributed by atoms with Gasteiger partial charge >= 0.3 is 0 Å². The van der Waals surface area contributed by atoms with Crippen molar-refractivity contribution in [2.75, 3.05) is 6.54 Å². The minimum Gasteiger partial charge on any atom is -0.339 e. The van der Waals surface area contributed by atoms with E-state index in [1.54, 1.807) is 0 Å². The Hall–Kier alpha value is -0.900. The van der Waals surface area contributed by atoms with Crippen LogP contribution in [0.1, 0.15) is 63.1 Å². The molecule has 2 unspecified atom stereocenters. The SMILES string of the molecule is CCCNC1CCCC1c1nc(CC2CC2)no1. The maximum Gasteiger partial charge on any atom is 0.231 e. The van der Waals surface area contributed by atoms with E-state index in [1.165, 1.54) is 38.5 Å². The van der Waals surface area contributed by atoms with E-state index in [4.69, 9.17) is 4.52 Å². The van der Waals surface area contributed by atoms with Crippen molar-refractivity contribution in [3.63, 3.8) is 0 Å². The van der Waals surface area contributed by atoms with Gasteiger partial charge in [0.15, 0.2) is 5.82 Å². The van der Waals surface area contributed by atoms with Crippen molar-refractivity contribution in [1.82, 2.24) is 15.5 Å². The van der Waals surface area contributed by atoms with Gasteiger partial charge in [-0.1, -0.05) is 18.5 Å². The molecule has 1 aromatic rings. The molecule has 2 fully saturated rings. The molecular formula is C14H23N3O. The summed E-state index contributed by atoms with van der Waals surface area (Å²) in [5.41, 5.74) is 0. The fourth-order valence-corrected chi connectivity index (χ4v) is 2.91. The van der Waals surface area contributed by atoms with Crippen molar-refractivity contribution in [1.29, 1.82) is 0 Å². The maximum atomic E-state index is 5.49. The second-order valence-corrected chi connectivity index (χ2v) is 5.79. The molecule has 3 rings (SSSR count). The van der Waals surface area contributed by atoms with Gasteiger partial charge in [-0.15, -0.1) is 0 Å². The van der Waals surface area contributed by atoms with Crippen LogP contribution in [0.15, 0.2) is 4.52 Å². The molecule has 1 aromatic heterocycles. The van der Waals surface area contributed by atoms with Crippen LogP contribution in [-0.2, 0) is 6.42 Å². The first-order valence-electron chi connectivity index (χ1n) is 7.42. The summed E-state index contributed by atoms with van der Waals surface area (Å²) in [5, 5.41) is 7.76. The second-order valence-electron chi connectivity index (χ2n) is 5.79. The van der Waals surface area contributed by atoms with Crippen molar-refractivity contribution < 1.29 is 4.52 Å². The van der Waals surface area contributed by atoms with E-state index in [9.17, 15) is 0 Å². The largest absolute Gasteiger partial charge is 0.339 e. The zero-order chi connectivity index (χ0) is 12.4. The molecule has 2 aliphatic carbocycles. The smallest absolute Gasteiger partial charge is 0.231 e. The van der Waals surface area contributed by atoms with Crippen LogP contribution in [0.2, 0.25) is 0 Å². The van der Waals surface area contributed by atoms with Gasteiger partial charge in [0.2, 0.25) is 5.89 Å². The average molecular weight is 249 g/mol. The van der Waals surface area contributed by atoms with Crippen molar-refractivity contribution in [3.05, 3.63) is 11.7 Å². The monoisotopic (exact) mass is 249 g/mol. The summed E-state index contributed by atoms with van der Waals surface area (Å²) in [6.07, 6.45) is 8.58. The molecule has 2 saturated carbocycles. The Bertz CT molecular complexity index is 386. The van der Waals surface area contributed by atoms with Crippen LogP contribution in [0.3, 0.4) is 0 Å². The summed E-state index contributed by atoms with van der Waals surface area (Å²) in [6, 6.07) is 0.541. The predicted octanol–water partition coefficient (Wildman–Crippen LogP) is 2.66. The van der Waals surface area contributed by atoms with Gasteiger partial charge < -0.3 is 9.84 Å². The molecule has 0 saturated heterocycles. The number of rotatable bonds is 6. The molecule has 100 valence electrons. The highest BCUT2D eigenvalue weighted by molar-refractivity contribution is 5.03. The van der Waals surface area contributed by atoms with Crippen molar-refractivity contribution in [2.24, 2.45) is 5.92 Å². The third-order valence-corrected chi connectivity index (χ3v) is 4.14. The molecular weight excluding hydrogens is 226 g/mol. The van der Waals surface area contributed by atoms with Gasteiger partial charge in [0.1, 0.15) is 0 Å². The van der Waals surface area contributed by atoms with E-state index in [2.05, 4.69) is 22.4 Å². The van der Waals surface area contributed by atoms with Crippen molar-refractivity contribution in [2.45, 2.75) is 63.8 Å². The average Bonchev–Trinajstić information content (AvgIpc) is 2.90. The molecule has 2 aliphatic rings. The topological polar surface area (TPSA) is 51.0 Å². The molecule has 0 radical (unpaired) electrons. The first kappa shape index (κ1) is 12.2. The second kappa shape index (κ2) is 5.39. The Morgan fingerprint density at radius 1 is 1.28 bits per heavy atom. The molecule has 18 heavy (non-hydrogen) atoms. The summed E-state index contributed by atoms with van der Waals surface area (Å²) in [6.45, 7) is 3.29. The number of nitrogens with one attached hydrogen (secondary N) is 1. The normalized spacial score (nSPS) is 27.8. The van der Waals surface area contributed by atoms with Crippen LogP contribution in [0.25, 0.3) is 0 Å². The summed E-state index contributed by atoms with van der Waals surface area (Å²) >= 11 is 0. The molecule has 0 aromatic carbocycles. The van der Waals surface area contributed by atoms with Crippen LogP contribution in [0, 0.1) is 5.92 Å². The van der Waals surface area contributed by atoms with Crippen LogP contribution in [0.4, 0.5) is 0 Å². The summed E-state index contributed by atoms with van der Waals surface area (Å²) in [4.78, 5) is 4.61. The van der Waals surface area contributed by atoms with Gasteiger partial charge in [0.05, 0.1) is 5.92 Å². The molecule has 4 nitrogen and oxygen atoms in total. The molecule has 1 heterocycles. The van der Waals surface area contributed by atoms with Crippen molar-refractivity contribution in [3.8, 4) is 0 Å². The fourth-order valence-electron chi connectivity index (χ4n) is 2.91. The Balaban J connectivity index is 1.62. The van der Waals surface area contributed by atoms with Gasteiger partial charge in [0, 0.05) is 12.5 Å².